The molecule has 6 nitrogen and oxygen atoms in total. The maximum Gasteiger partial charge on any atom is 0.225 e. The number of pyridine rings is 1. The second-order valence-electron chi connectivity index (χ2n) is 9.41. The van der Waals surface area contributed by atoms with Crippen LogP contribution in [0.2, 0.25) is 5.15 Å². The second-order valence-corrected chi connectivity index (χ2v) is 9.76. The molecule has 34 heavy (non-hydrogen) atoms. The van der Waals surface area contributed by atoms with Crippen molar-refractivity contribution in [3.05, 3.63) is 65.3 Å². The molecule has 0 aliphatic heterocycles. The van der Waals surface area contributed by atoms with Crippen molar-refractivity contribution in [3.63, 3.8) is 0 Å². The fraction of sp³-hybridized carbons (Fsp3) is 0.370. The molecule has 4 aromatic rings. The summed E-state index contributed by atoms with van der Waals surface area (Å²) in [6.45, 7) is 1.74. The second kappa shape index (κ2) is 10.1. The van der Waals surface area contributed by atoms with E-state index in [4.69, 9.17) is 21.6 Å². The van der Waals surface area contributed by atoms with Crippen LogP contribution in [0.3, 0.4) is 0 Å². The summed E-state index contributed by atoms with van der Waals surface area (Å²) in [6.07, 6.45) is 4.61. The van der Waals surface area contributed by atoms with E-state index in [1.165, 1.54) is 12.8 Å². The molecule has 2 heterocycles. The topological polar surface area (TPSA) is 66.0 Å². The van der Waals surface area contributed by atoms with E-state index in [1.54, 1.807) is 0 Å². The minimum Gasteiger partial charge on any atom is -0.362 e. The van der Waals surface area contributed by atoms with Crippen LogP contribution in [0.15, 0.2) is 54.6 Å². The SMILES string of the molecule is CN(C)c1nc(NC2CCC(CNCc3cc4ccccc4nc3Cl)CC2)nc2ccccc12. The Hall–Kier alpha value is -2.96. The quantitative estimate of drug-likeness (QED) is 0.337. The van der Waals surface area contributed by atoms with Crippen LogP contribution >= 0.6 is 11.6 Å². The van der Waals surface area contributed by atoms with Gasteiger partial charge in [0.05, 0.1) is 11.0 Å². The van der Waals surface area contributed by atoms with Gasteiger partial charge < -0.3 is 15.5 Å². The summed E-state index contributed by atoms with van der Waals surface area (Å²) in [5.41, 5.74) is 2.97. The third-order valence-electron chi connectivity index (χ3n) is 6.69. The molecule has 1 aliphatic carbocycles. The summed E-state index contributed by atoms with van der Waals surface area (Å²) in [7, 11) is 4.05. The Morgan fingerprint density at radius 2 is 1.65 bits per heavy atom. The van der Waals surface area contributed by atoms with E-state index in [9.17, 15) is 0 Å². The highest BCUT2D eigenvalue weighted by Gasteiger charge is 2.22. The molecule has 0 unspecified atom stereocenters. The third-order valence-corrected chi connectivity index (χ3v) is 7.01. The minimum absolute atomic E-state index is 0.409. The van der Waals surface area contributed by atoms with Gasteiger partial charge in [0.1, 0.15) is 11.0 Å². The number of fused-ring (bicyclic) bond motifs is 2. The molecule has 0 atom stereocenters. The first-order chi connectivity index (χ1) is 16.6. The van der Waals surface area contributed by atoms with Crippen LogP contribution in [-0.4, -0.2) is 41.6 Å². The monoisotopic (exact) mass is 474 g/mol. The van der Waals surface area contributed by atoms with E-state index < -0.39 is 0 Å². The van der Waals surface area contributed by atoms with E-state index in [1.807, 2.05) is 44.4 Å². The van der Waals surface area contributed by atoms with Gasteiger partial charge in [0.25, 0.3) is 0 Å². The number of benzene rings is 2. The van der Waals surface area contributed by atoms with Gasteiger partial charge in [0.15, 0.2) is 0 Å². The molecule has 176 valence electrons. The lowest BCUT2D eigenvalue weighted by Crippen LogP contribution is -2.31. The van der Waals surface area contributed by atoms with E-state index in [0.717, 1.165) is 65.1 Å². The Bertz CT molecular complexity index is 1280. The van der Waals surface area contributed by atoms with Crippen LogP contribution in [0, 0.1) is 5.92 Å². The van der Waals surface area contributed by atoms with Gasteiger partial charge >= 0.3 is 0 Å². The van der Waals surface area contributed by atoms with E-state index >= 15 is 0 Å². The average molecular weight is 475 g/mol. The van der Waals surface area contributed by atoms with Crippen LogP contribution in [0.25, 0.3) is 21.8 Å². The average Bonchev–Trinajstić information content (AvgIpc) is 2.85. The Morgan fingerprint density at radius 1 is 0.912 bits per heavy atom. The van der Waals surface area contributed by atoms with Gasteiger partial charge in [0, 0.05) is 43.0 Å². The molecule has 0 spiro atoms. The van der Waals surface area contributed by atoms with Gasteiger partial charge in [-0.15, -0.1) is 0 Å². The maximum absolute atomic E-state index is 6.41. The zero-order valence-electron chi connectivity index (χ0n) is 19.8. The van der Waals surface area contributed by atoms with Gasteiger partial charge in [0.2, 0.25) is 5.95 Å². The van der Waals surface area contributed by atoms with Crippen molar-refractivity contribution in [2.45, 2.75) is 38.3 Å². The first kappa shape index (κ1) is 22.8. The van der Waals surface area contributed by atoms with Crippen molar-refractivity contribution >= 4 is 45.2 Å². The van der Waals surface area contributed by atoms with Gasteiger partial charge in [-0.3, -0.25) is 0 Å². The molecule has 5 rings (SSSR count). The Labute approximate surface area is 205 Å². The van der Waals surface area contributed by atoms with E-state index in [-0.39, 0.29) is 0 Å². The zero-order valence-corrected chi connectivity index (χ0v) is 20.5. The molecule has 2 N–H and O–H groups in total. The summed E-state index contributed by atoms with van der Waals surface area (Å²) in [5, 5.41) is 10.0. The van der Waals surface area contributed by atoms with Crippen LogP contribution < -0.4 is 15.5 Å². The fourth-order valence-corrected chi connectivity index (χ4v) is 5.04. The summed E-state index contributed by atoms with van der Waals surface area (Å²) in [5.74, 6) is 2.34. The minimum atomic E-state index is 0.409. The van der Waals surface area contributed by atoms with Crippen molar-refractivity contribution in [2.75, 3.05) is 30.9 Å². The standard InChI is InChI=1S/C27H31ClN6/c1-34(2)26-22-8-4-6-10-24(22)32-27(33-26)30-21-13-11-18(12-14-21)16-29-17-20-15-19-7-3-5-9-23(19)31-25(20)28/h3-10,15,18,21,29H,11-14,16-17H2,1-2H3,(H,30,32,33). The molecule has 1 saturated carbocycles. The number of nitrogens with one attached hydrogen (secondary N) is 2. The van der Waals surface area contributed by atoms with Gasteiger partial charge in [-0.1, -0.05) is 41.9 Å². The summed E-state index contributed by atoms with van der Waals surface area (Å²) >= 11 is 6.41. The third kappa shape index (κ3) is 5.08. The van der Waals surface area contributed by atoms with Crippen molar-refractivity contribution in [1.82, 2.24) is 20.3 Å². The highest BCUT2D eigenvalue weighted by Crippen LogP contribution is 2.28. The molecule has 1 aliphatic rings. The fourth-order valence-electron chi connectivity index (χ4n) is 4.83. The lowest BCUT2D eigenvalue weighted by molar-refractivity contribution is 0.324. The molecule has 0 bridgehead atoms. The van der Waals surface area contributed by atoms with Crippen LogP contribution in [0.4, 0.5) is 11.8 Å². The molecular weight excluding hydrogens is 444 g/mol. The smallest absolute Gasteiger partial charge is 0.225 e. The van der Waals surface area contributed by atoms with Crippen LogP contribution in [-0.2, 0) is 6.54 Å². The Kier molecular flexibility index (Phi) is 6.79. The number of anilines is 2. The Morgan fingerprint density at radius 3 is 2.44 bits per heavy atom. The van der Waals surface area contributed by atoms with Crippen LogP contribution in [0.5, 0.6) is 0 Å². The number of hydrogen-bond donors (Lipinski definition) is 2. The zero-order chi connectivity index (χ0) is 23.5. The number of halogens is 1. The molecule has 0 radical (unpaired) electrons. The highest BCUT2D eigenvalue weighted by molar-refractivity contribution is 6.30. The summed E-state index contributed by atoms with van der Waals surface area (Å²) in [6, 6.07) is 18.8. The lowest BCUT2D eigenvalue weighted by Gasteiger charge is -2.29. The largest absolute Gasteiger partial charge is 0.362 e. The molecule has 0 amide bonds. The first-order valence-corrected chi connectivity index (χ1v) is 12.4. The molecule has 0 saturated heterocycles. The van der Waals surface area contributed by atoms with Crippen LogP contribution in [0.1, 0.15) is 31.2 Å². The Balaban J connectivity index is 1.14. The number of aromatic nitrogens is 3. The number of nitrogens with zero attached hydrogens (tertiary/aromatic N) is 4. The van der Waals surface area contributed by atoms with Gasteiger partial charge in [-0.25, -0.2) is 9.97 Å². The van der Waals surface area contributed by atoms with Crippen molar-refractivity contribution in [1.29, 1.82) is 0 Å². The highest BCUT2D eigenvalue weighted by atomic mass is 35.5. The van der Waals surface area contributed by atoms with E-state index in [2.05, 4.69) is 44.8 Å². The number of para-hydroxylation sites is 2. The molecular formula is C27H31ClN6. The van der Waals surface area contributed by atoms with Crippen molar-refractivity contribution < 1.29 is 0 Å². The number of hydrogen-bond acceptors (Lipinski definition) is 6. The normalized spacial score (nSPS) is 18.3. The van der Waals surface area contributed by atoms with Crippen molar-refractivity contribution in [2.24, 2.45) is 5.92 Å². The summed E-state index contributed by atoms with van der Waals surface area (Å²) in [4.78, 5) is 16.1. The number of rotatable bonds is 7. The van der Waals surface area contributed by atoms with Gasteiger partial charge in [-0.05, 0) is 62.4 Å². The van der Waals surface area contributed by atoms with E-state index in [0.29, 0.717) is 17.1 Å². The van der Waals surface area contributed by atoms with Crippen molar-refractivity contribution in [3.8, 4) is 0 Å². The lowest BCUT2D eigenvalue weighted by atomic mass is 9.86. The molecule has 2 aromatic carbocycles. The predicted molar refractivity (Wildman–Crippen MR) is 142 cm³/mol. The molecule has 7 heteroatoms. The maximum atomic E-state index is 6.41. The predicted octanol–water partition coefficient (Wildman–Crippen LogP) is 5.66. The first-order valence-electron chi connectivity index (χ1n) is 12.0. The summed E-state index contributed by atoms with van der Waals surface area (Å²) < 4.78 is 0. The molecule has 2 aromatic heterocycles. The van der Waals surface area contributed by atoms with Gasteiger partial charge in [-0.2, -0.15) is 4.98 Å². The molecule has 1 fully saturated rings.